The van der Waals surface area contributed by atoms with Gasteiger partial charge in [0, 0.05) is 12.6 Å². The van der Waals surface area contributed by atoms with E-state index in [4.69, 9.17) is 9.15 Å². The van der Waals surface area contributed by atoms with Gasteiger partial charge in [0.15, 0.2) is 5.58 Å². The molecule has 0 bridgehead atoms. The van der Waals surface area contributed by atoms with Crippen LogP contribution < -0.4 is 15.8 Å². The number of oxazole rings is 1. The van der Waals surface area contributed by atoms with Crippen molar-refractivity contribution in [2.24, 2.45) is 0 Å². The zero-order valence-electron chi connectivity index (χ0n) is 7.29. The molecule has 1 aromatic heterocycles. The van der Waals surface area contributed by atoms with Gasteiger partial charge in [-0.25, -0.2) is 4.79 Å². The zero-order valence-corrected chi connectivity index (χ0v) is 7.29. The number of aromatic amines is 1. The lowest BCUT2D eigenvalue weighted by atomic mass is 10.2. The summed E-state index contributed by atoms with van der Waals surface area (Å²) in [4.78, 5) is 13.5. The van der Waals surface area contributed by atoms with Gasteiger partial charge < -0.3 is 14.5 Å². The van der Waals surface area contributed by atoms with Crippen LogP contribution in [0.5, 0.6) is 5.75 Å². The molecule has 14 heavy (non-hydrogen) atoms. The molecule has 1 aliphatic rings. The van der Waals surface area contributed by atoms with Crippen LogP contribution in [0.15, 0.2) is 21.3 Å². The molecule has 0 saturated carbocycles. The van der Waals surface area contributed by atoms with Crippen LogP contribution in [0, 0.1) is 0 Å². The fourth-order valence-corrected chi connectivity index (χ4v) is 1.58. The first-order valence-electron chi connectivity index (χ1n) is 4.36. The van der Waals surface area contributed by atoms with Crippen molar-refractivity contribution in [3.63, 3.8) is 0 Å². The highest BCUT2D eigenvalue weighted by Gasteiger charge is 2.12. The Labute approximate surface area is 78.7 Å². The molecule has 0 saturated heterocycles. The van der Waals surface area contributed by atoms with Crippen LogP contribution in [0.4, 0.5) is 5.69 Å². The largest absolute Gasteiger partial charge is 0.489 e. The molecule has 2 N–H and O–H groups in total. The van der Waals surface area contributed by atoms with Gasteiger partial charge in [-0.15, -0.1) is 0 Å². The zero-order chi connectivity index (χ0) is 9.54. The number of aromatic nitrogens is 1. The monoisotopic (exact) mass is 192 g/mol. The van der Waals surface area contributed by atoms with Crippen LogP contribution in [-0.2, 0) is 0 Å². The van der Waals surface area contributed by atoms with Crippen LogP contribution in [0.1, 0.15) is 0 Å². The molecule has 2 aromatic rings. The van der Waals surface area contributed by atoms with Gasteiger partial charge in [0.1, 0.15) is 12.4 Å². The molecule has 1 aromatic carbocycles. The molecule has 0 amide bonds. The molecular weight excluding hydrogens is 184 g/mol. The van der Waals surface area contributed by atoms with Crippen molar-refractivity contribution in [1.82, 2.24) is 4.98 Å². The molecule has 2 heterocycles. The van der Waals surface area contributed by atoms with Crippen molar-refractivity contribution in [3.05, 3.63) is 22.7 Å². The predicted molar refractivity (Wildman–Crippen MR) is 50.8 cm³/mol. The van der Waals surface area contributed by atoms with Crippen LogP contribution in [0.2, 0.25) is 0 Å². The number of rotatable bonds is 0. The lowest BCUT2D eigenvalue weighted by Gasteiger charge is -2.18. The maximum atomic E-state index is 10.9. The van der Waals surface area contributed by atoms with E-state index in [0.717, 1.165) is 18.0 Å². The molecule has 1 aliphatic heterocycles. The van der Waals surface area contributed by atoms with E-state index in [2.05, 4.69) is 10.3 Å². The van der Waals surface area contributed by atoms with Crippen molar-refractivity contribution in [1.29, 1.82) is 0 Å². The summed E-state index contributed by atoms with van der Waals surface area (Å²) in [5.74, 6) is 0.286. The van der Waals surface area contributed by atoms with Gasteiger partial charge in [0.25, 0.3) is 0 Å². The Hall–Kier alpha value is -1.91. The van der Waals surface area contributed by atoms with E-state index in [9.17, 15) is 4.79 Å². The second-order valence-corrected chi connectivity index (χ2v) is 3.13. The third kappa shape index (κ3) is 0.985. The summed E-state index contributed by atoms with van der Waals surface area (Å²) in [5.41, 5.74) is 2.10. The number of benzene rings is 1. The summed E-state index contributed by atoms with van der Waals surface area (Å²) in [6.45, 7) is 1.41. The number of hydrogen-bond donors (Lipinski definition) is 2. The van der Waals surface area contributed by atoms with Crippen molar-refractivity contribution >= 4 is 16.8 Å². The quantitative estimate of drug-likeness (QED) is 0.651. The minimum Gasteiger partial charge on any atom is -0.489 e. The van der Waals surface area contributed by atoms with E-state index < -0.39 is 5.76 Å². The Kier molecular flexibility index (Phi) is 1.36. The standard InChI is InChI=1S/C9H8N2O3/c12-9-11-6-3-5-7(4-8(6)14-9)13-2-1-10-5/h3-4,10H,1-2H2,(H,11,12). The van der Waals surface area contributed by atoms with Gasteiger partial charge in [0.05, 0.1) is 11.2 Å². The fourth-order valence-electron chi connectivity index (χ4n) is 1.58. The van der Waals surface area contributed by atoms with Gasteiger partial charge in [-0.2, -0.15) is 0 Å². The Morgan fingerprint density at radius 2 is 2.29 bits per heavy atom. The predicted octanol–water partition coefficient (Wildman–Crippen LogP) is 0.925. The summed E-state index contributed by atoms with van der Waals surface area (Å²) in [6, 6.07) is 3.53. The molecule has 0 spiro atoms. The maximum Gasteiger partial charge on any atom is 0.417 e. The van der Waals surface area contributed by atoms with Crippen molar-refractivity contribution < 1.29 is 9.15 Å². The lowest BCUT2D eigenvalue weighted by molar-refractivity contribution is 0.323. The summed E-state index contributed by atoms with van der Waals surface area (Å²) in [5, 5.41) is 3.18. The number of hydrogen-bond acceptors (Lipinski definition) is 4. The molecule has 0 fully saturated rings. The third-order valence-electron chi connectivity index (χ3n) is 2.20. The lowest BCUT2D eigenvalue weighted by Crippen LogP contribution is -2.17. The second-order valence-electron chi connectivity index (χ2n) is 3.13. The van der Waals surface area contributed by atoms with E-state index in [0.29, 0.717) is 17.7 Å². The first-order chi connectivity index (χ1) is 6.83. The highest BCUT2D eigenvalue weighted by molar-refractivity contribution is 5.81. The van der Waals surface area contributed by atoms with Gasteiger partial charge in [-0.05, 0) is 6.07 Å². The van der Waals surface area contributed by atoms with E-state index >= 15 is 0 Å². The normalized spacial score (nSPS) is 14.6. The average molecular weight is 192 g/mol. The Morgan fingerprint density at radius 1 is 1.36 bits per heavy atom. The molecule has 0 unspecified atom stereocenters. The van der Waals surface area contributed by atoms with Crippen LogP contribution in [0.3, 0.4) is 0 Å². The van der Waals surface area contributed by atoms with Gasteiger partial charge >= 0.3 is 5.76 Å². The van der Waals surface area contributed by atoms with Crippen LogP contribution in [0.25, 0.3) is 11.1 Å². The van der Waals surface area contributed by atoms with Gasteiger partial charge in [0.2, 0.25) is 0 Å². The van der Waals surface area contributed by atoms with Crippen molar-refractivity contribution in [2.75, 3.05) is 18.5 Å². The topological polar surface area (TPSA) is 67.3 Å². The maximum absolute atomic E-state index is 10.9. The Bertz CT molecular complexity index is 494. The van der Waals surface area contributed by atoms with E-state index in [1.165, 1.54) is 0 Å². The smallest absolute Gasteiger partial charge is 0.417 e. The van der Waals surface area contributed by atoms with Gasteiger partial charge in [-0.1, -0.05) is 0 Å². The number of nitrogens with one attached hydrogen (secondary N) is 2. The Balaban J connectivity index is 2.31. The Morgan fingerprint density at radius 3 is 3.21 bits per heavy atom. The van der Waals surface area contributed by atoms with E-state index in [1.807, 2.05) is 6.07 Å². The van der Waals surface area contributed by atoms with Gasteiger partial charge in [-0.3, -0.25) is 4.98 Å². The average Bonchev–Trinajstić information content (AvgIpc) is 2.53. The molecule has 0 aliphatic carbocycles. The summed E-state index contributed by atoms with van der Waals surface area (Å²) < 4.78 is 10.3. The van der Waals surface area contributed by atoms with E-state index in [1.54, 1.807) is 6.07 Å². The second kappa shape index (κ2) is 2.54. The third-order valence-corrected chi connectivity index (χ3v) is 2.20. The van der Waals surface area contributed by atoms with Crippen molar-refractivity contribution in [3.8, 4) is 5.75 Å². The number of fused-ring (bicyclic) bond motifs is 2. The first kappa shape index (κ1) is 7.49. The highest BCUT2D eigenvalue weighted by atomic mass is 16.5. The SMILES string of the molecule is O=c1[nH]c2cc3c(cc2o1)OCCN3. The minimum absolute atomic E-state index is 0.442. The van der Waals surface area contributed by atoms with Crippen LogP contribution in [-0.4, -0.2) is 18.1 Å². The molecular formula is C9H8N2O3. The highest BCUT2D eigenvalue weighted by Crippen LogP contribution is 2.30. The fraction of sp³-hybridized carbons (Fsp3) is 0.222. The van der Waals surface area contributed by atoms with Crippen molar-refractivity contribution in [2.45, 2.75) is 0 Å². The summed E-state index contributed by atoms with van der Waals surface area (Å²) in [6.07, 6.45) is 0. The molecule has 3 rings (SSSR count). The summed E-state index contributed by atoms with van der Waals surface area (Å²) >= 11 is 0. The molecule has 5 heteroatoms. The number of ether oxygens (including phenoxy) is 1. The first-order valence-corrected chi connectivity index (χ1v) is 4.36. The number of H-pyrrole nitrogens is 1. The molecule has 5 nitrogen and oxygen atoms in total. The summed E-state index contributed by atoms with van der Waals surface area (Å²) in [7, 11) is 0. The van der Waals surface area contributed by atoms with Crippen LogP contribution >= 0.6 is 0 Å². The molecule has 72 valence electrons. The van der Waals surface area contributed by atoms with E-state index in [-0.39, 0.29) is 0 Å². The number of anilines is 1. The minimum atomic E-state index is -0.442. The molecule has 0 radical (unpaired) electrons. The molecule has 0 atom stereocenters.